The summed E-state index contributed by atoms with van der Waals surface area (Å²) in [6.07, 6.45) is 10.6. The summed E-state index contributed by atoms with van der Waals surface area (Å²) in [6.45, 7) is 2.46. The first kappa shape index (κ1) is 28.8. The van der Waals surface area contributed by atoms with Gasteiger partial charge in [0.1, 0.15) is 0 Å². The monoisotopic (exact) mass is 672 g/mol. The third-order valence-corrected chi connectivity index (χ3v) is 7.89. The van der Waals surface area contributed by atoms with Gasteiger partial charge in [0.25, 0.3) is 0 Å². The summed E-state index contributed by atoms with van der Waals surface area (Å²) in [4.78, 5) is 0. The second-order valence-electron chi connectivity index (χ2n) is 9.72. The summed E-state index contributed by atoms with van der Waals surface area (Å²) in [5, 5.41) is 0. The molecule has 0 nitrogen and oxygen atoms in total. The quantitative estimate of drug-likeness (QED) is 0.194. The average Bonchev–Trinajstić information content (AvgIpc) is 3.42. The van der Waals surface area contributed by atoms with E-state index in [1.807, 2.05) is 0 Å². The largest absolute Gasteiger partial charge is 2.00 e. The number of rotatable bonds is 5. The van der Waals surface area contributed by atoms with E-state index in [0.717, 1.165) is 32.1 Å². The number of fused-ring (bicyclic) bond motifs is 6. The zero-order valence-corrected chi connectivity index (χ0v) is 26.1. The summed E-state index contributed by atoms with van der Waals surface area (Å²) >= 11 is 0. The molecule has 0 fully saturated rings. The number of halogens is 2. The molecule has 0 saturated heterocycles. The van der Waals surface area contributed by atoms with Crippen molar-refractivity contribution in [2.45, 2.75) is 44.4 Å². The SMILES string of the molecule is C#CCCCC(C)(c1cccc2c1Cc1ccccc1-2)c1cccc2c1Cc1ccccc1-2.[Br-].[Br-].[Zr+2]. The molecule has 0 amide bonds. The number of benzene rings is 4. The Kier molecular flexibility index (Phi) is 9.43. The van der Waals surface area contributed by atoms with E-state index in [1.54, 1.807) is 0 Å². The first-order chi connectivity index (χ1) is 16.2. The first-order valence-corrected chi connectivity index (χ1v) is 12.1. The Labute approximate surface area is 255 Å². The molecule has 0 saturated carbocycles. The molecule has 36 heavy (non-hydrogen) atoms. The predicted molar refractivity (Wildman–Crippen MR) is 139 cm³/mol. The molecule has 0 heterocycles. The van der Waals surface area contributed by atoms with E-state index in [4.69, 9.17) is 6.42 Å². The van der Waals surface area contributed by atoms with Crippen LogP contribution in [0.5, 0.6) is 0 Å². The van der Waals surface area contributed by atoms with Crippen molar-refractivity contribution in [3.63, 3.8) is 0 Å². The maximum atomic E-state index is 5.68. The van der Waals surface area contributed by atoms with E-state index in [2.05, 4.69) is 97.8 Å². The Morgan fingerprint density at radius 2 is 1.11 bits per heavy atom. The molecule has 6 rings (SSSR count). The van der Waals surface area contributed by atoms with Crippen LogP contribution in [0.3, 0.4) is 0 Å². The van der Waals surface area contributed by atoms with Gasteiger partial charge in [-0.25, -0.2) is 0 Å². The second-order valence-corrected chi connectivity index (χ2v) is 9.72. The summed E-state index contributed by atoms with van der Waals surface area (Å²) < 4.78 is 0. The Morgan fingerprint density at radius 1 is 0.667 bits per heavy atom. The van der Waals surface area contributed by atoms with E-state index in [9.17, 15) is 0 Å². The maximum Gasteiger partial charge on any atom is 2.00 e. The van der Waals surface area contributed by atoms with Crippen LogP contribution in [-0.2, 0) is 44.5 Å². The minimum absolute atomic E-state index is 0. The van der Waals surface area contributed by atoms with Crippen LogP contribution >= 0.6 is 0 Å². The van der Waals surface area contributed by atoms with Crippen LogP contribution in [0, 0.1) is 12.3 Å². The van der Waals surface area contributed by atoms with Crippen LogP contribution in [0.15, 0.2) is 84.9 Å². The van der Waals surface area contributed by atoms with Gasteiger partial charge < -0.3 is 34.0 Å². The smallest absolute Gasteiger partial charge is 1.00 e. The van der Waals surface area contributed by atoms with E-state index in [1.165, 1.54) is 55.6 Å². The van der Waals surface area contributed by atoms with Crippen molar-refractivity contribution in [3.8, 4) is 34.6 Å². The van der Waals surface area contributed by atoms with Crippen LogP contribution < -0.4 is 34.0 Å². The maximum absolute atomic E-state index is 5.68. The number of terminal acetylenes is 1. The molecule has 0 bridgehead atoms. The van der Waals surface area contributed by atoms with Gasteiger partial charge in [-0.3, -0.25) is 0 Å². The number of hydrogen-bond donors (Lipinski definition) is 0. The Hall–Kier alpha value is -1.72. The Balaban J connectivity index is 0.00000120. The van der Waals surface area contributed by atoms with Gasteiger partial charge in [0.05, 0.1) is 0 Å². The minimum atomic E-state index is -0.0857. The van der Waals surface area contributed by atoms with E-state index in [0.29, 0.717) is 0 Å². The van der Waals surface area contributed by atoms with Crippen molar-refractivity contribution in [3.05, 3.63) is 118 Å². The summed E-state index contributed by atoms with van der Waals surface area (Å²) in [6, 6.07) is 31.6. The van der Waals surface area contributed by atoms with Crippen LogP contribution in [0.4, 0.5) is 0 Å². The topological polar surface area (TPSA) is 0 Å². The summed E-state index contributed by atoms with van der Waals surface area (Å²) in [7, 11) is 0. The molecule has 0 N–H and O–H groups in total. The second kappa shape index (κ2) is 11.8. The molecular weight excluding hydrogens is 647 g/mol. The molecule has 2 aliphatic rings. The van der Waals surface area contributed by atoms with Gasteiger partial charge in [0.2, 0.25) is 0 Å². The molecule has 2 aliphatic carbocycles. The molecular formula is C33H28Br2Zr. The summed E-state index contributed by atoms with van der Waals surface area (Å²) in [5.41, 5.74) is 14.3. The fraction of sp³-hybridized carbons (Fsp3) is 0.212. The standard InChI is InChI=1S/C33H28.2BrH.Zr/c1-3-4-9-20-33(2,31-18-10-16-27-25-14-7-5-12-23(25)21-29(27)31)32-19-11-17-28-26-15-8-6-13-24(26)22-30(28)32;;;/h1,5-8,10-19H,4,9,20-22H2,2H3;2*1H;/q;;;+2/p-2. The van der Waals surface area contributed by atoms with E-state index in [-0.39, 0.29) is 65.6 Å². The molecule has 0 unspecified atom stereocenters. The van der Waals surface area contributed by atoms with Crippen molar-refractivity contribution in [2.24, 2.45) is 0 Å². The van der Waals surface area contributed by atoms with Gasteiger partial charge in [-0.05, 0) is 81.3 Å². The van der Waals surface area contributed by atoms with Crippen molar-refractivity contribution >= 4 is 0 Å². The van der Waals surface area contributed by atoms with Gasteiger partial charge in [0.15, 0.2) is 0 Å². The Bertz CT molecular complexity index is 1330. The average molecular weight is 676 g/mol. The molecule has 0 aromatic heterocycles. The molecule has 4 aromatic rings. The van der Waals surface area contributed by atoms with Crippen LogP contribution in [0.1, 0.15) is 59.6 Å². The number of hydrogen-bond acceptors (Lipinski definition) is 0. The van der Waals surface area contributed by atoms with Crippen LogP contribution in [0.25, 0.3) is 22.3 Å². The fourth-order valence-corrected chi connectivity index (χ4v) is 6.31. The van der Waals surface area contributed by atoms with Gasteiger partial charge >= 0.3 is 26.2 Å². The van der Waals surface area contributed by atoms with Gasteiger partial charge in [0, 0.05) is 11.8 Å². The molecule has 0 aliphatic heterocycles. The third-order valence-electron chi connectivity index (χ3n) is 7.89. The fourth-order valence-electron chi connectivity index (χ4n) is 6.31. The Morgan fingerprint density at radius 3 is 1.58 bits per heavy atom. The zero-order valence-electron chi connectivity index (χ0n) is 20.5. The van der Waals surface area contributed by atoms with Crippen molar-refractivity contribution in [2.75, 3.05) is 0 Å². The zero-order chi connectivity index (χ0) is 22.4. The van der Waals surface area contributed by atoms with E-state index >= 15 is 0 Å². The first-order valence-electron chi connectivity index (χ1n) is 12.1. The van der Waals surface area contributed by atoms with Crippen molar-refractivity contribution in [1.29, 1.82) is 0 Å². The van der Waals surface area contributed by atoms with Crippen LogP contribution in [-0.4, -0.2) is 0 Å². The van der Waals surface area contributed by atoms with Crippen molar-refractivity contribution < 1.29 is 60.2 Å². The molecule has 178 valence electrons. The number of unbranched alkanes of at least 4 members (excludes halogenated alkanes) is 1. The van der Waals surface area contributed by atoms with Crippen molar-refractivity contribution in [1.82, 2.24) is 0 Å². The predicted octanol–water partition coefficient (Wildman–Crippen LogP) is 1.94. The third kappa shape index (κ3) is 4.67. The molecule has 4 aromatic carbocycles. The van der Waals surface area contributed by atoms with Crippen LogP contribution in [0.2, 0.25) is 0 Å². The molecule has 3 heteroatoms. The molecule has 0 atom stereocenters. The van der Waals surface area contributed by atoms with Gasteiger partial charge in [-0.2, -0.15) is 0 Å². The van der Waals surface area contributed by atoms with Gasteiger partial charge in [-0.1, -0.05) is 91.9 Å². The molecule has 0 radical (unpaired) electrons. The van der Waals surface area contributed by atoms with E-state index < -0.39 is 0 Å². The minimum Gasteiger partial charge on any atom is -1.00 e. The molecule has 0 spiro atoms. The normalized spacial score (nSPS) is 12.0. The van der Waals surface area contributed by atoms with Gasteiger partial charge in [-0.15, -0.1) is 12.3 Å². The summed E-state index contributed by atoms with van der Waals surface area (Å²) in [5.74, 6) is 2.88.